The van der Waals surface area contributed by atoms with E-state index in [0.29, 0.717) is 16.6 Å². The number of fused-ring (bicyclic) bond motifs is 6. The predicted molar refractivity (Wildman–Crippen MR) is 124 cm³/mol. The van der Waals surface area contributed by atoms with E-state index in [4.69, 9.17) is 0 Å². The molecule has 2 heterocycles. The van der Waals surface area contributed by atoms with Crippen molar-refractivity contribution in [3.63, 3.8) is 0 Å². The van der Waals surface area contributed by atoms with E-state index in [1.165, 1.54) is 0 Å². The Balaban J connectivity index is 1.63. The Kier molecular flexibility index (Phi) is 3.75. The van der Waals surface area contributed by atoms with E-state index in [2.05, 4.69) is 0 Å². The molecule has 0 radical (unpaired) electrons. The van der Waals surface area contributed by atoms with Crippen LogP contribution < -0.4 is 0 Å². The van der Waals surface area contributed by atoms with Gasteiger partial charge in [-0.2, -0.15) is 4.39 Å². The summed E-state index contributed by atoms with van der Waals surface area (Å²) < 4.78 is 34.4. The highest BCUT2D eigenvalue weighted by molar-refractivity contribution is 6.09. The first-order chi connectivity index (χ1) is 15.1. The van der Waals surface area contributed by atoms with Crippen LogP contribution in [-0.2, 0) is 6.67 Å². The predicted octanol–water partition coefficient (Wildman–Crippen LogP) is 7.30. The lowest BCUT2D eigenvalue weighted by molar-refractivity contribution is 0.473. The van der Waals surface area contributed by atoms with Gasteiger partial charge in [0, 0.05) is 16.3 Å². The number of aryl methyl sites for hydroxylation is 1. The fraction of sp³-hybridized carbons (Fsp3) is 0.111. The summed E-state index contributed by atoms with van der Waals surface area (Å²) in [7, 11) is 0. The van der Waals surface area contributed by atoms with Crippen LogP contribution in [0.5, 0.6) is 0 Å². The zero-order chi connectivity index (χ0) is 21.3. The molecule has 0 spiro atoms. The molecule has 31 heavy (non-hydrogen) atoms. The van der Waals surface area contributed by atoms with Crippen LogP contribution in [0.25, 0.3) is 43.4 Å². The van der Waals surface area contributed by atoms with Gasteiger partial charge in [0.2, 0.25) is 0 Å². The first-order valence-corrected chi connectivity index (χ1v) is 10.4. The molecule has 0 aliphatic heterocycles. The Morgan fingerprint density at radius 1 is 0.645 bits per heavy atom. The molecule has 152 valence electrons. The molecule has 0 fully saturated rings. The third-order valence-corrected chi connectivity index (χ3v) is 6.54. The molecule has 0 amide bonds. The van der Waals surface area contributed by atoms with E-state index in [1.54, 1.807) is 11.5 Å². The number of rotatable bonds is 2. The highest BCUT2D eigenvalue weighted by Crippen LogP contribution is 2.34. The largest absolute Gasteiger partial charge is 0.323 e. The molecular formula is C27H20F2N2. The Hall–Kier alpha value is -3.66. The fourth-order valence-corrected chi connectivity index (χ4v) is 4.95. The summed E-state index contributed by atoms with van der Waals surface area (Å²) in [5.74, 6) is -0.528. The van der Waals surface area contributed by atoms with Gasteiger partial charge in [-0.1, -0.05) is 60.7 Å². The third-order valence-electron chi connectivity index (χ3n) is 6.54. The highest BCUT2D eigenvalue weighted by Gasteiger charge is 2.20. The molecule has 0 saturated heterocycles. The van der Waals surface area contributed by atoms with Crippen molar-refractivity contribution in [2.75, 3.05) is 0 Å². The highest BCUT2D eigenvalue weighted by atomic mass is 19.1. The number of benzene rings is 4. The molecule has 0 bridgehead atoms. The molecule has 0 aliphatic carbocycles. The second kappa shape index (κ2) is 6.42. The maximum absolute atomic E-state index is 15.5. The molecule has 0 atom stereocenters. The summed E-state index contributed by atoms with van der Waals surface area (Å²) in [6, 6.07) is 23.7. The fourth-order valence-electron chi connectivity index (χ4n) is 4.95. The zero-order valence-electron chi connectivity index (χ0n) is 17.3. The van der Waals surface area contributed by atoms with Gasteiger partial charge in [-0.15, -0.1) is 0 Å². The molecular weight excluding hydrogens is 390 g/mol. The summed E-state index contributed by atoms with van der Waals surface area (Å²) in [6.07, 6.45) is 0. The van der Waals surface area contributed by atoms with Crippen molar-refractivity contribution in [2.45, 2.75) is 20.5 Å². The molecule has 0 aliphatic rings. The second-order valence-electron chi connectivity index (χ2n) is 8.17. The normalized spacial score (nSPS) is 12.0. The van der Waals surface area contributed by atoms with E-state index in [-0.39, 0.29) is 18.4 Å². The average Bonchev–Trinajstić information content (AvgIpc) is 3.20. The van der Waals surface area contributed by atoms with Crippen molar-refractivity contribution in [3.8, 4) is 0 Å². The molecule has 6 aromatic rings. The van der Waals surface area contributed by atoms with Crippen molar-refractivity contribution >= 4 is 43.4 Å². The number of aromatic nitrogens is 2. The van der Waals surface area contributed by atoms with Crippen LogP contribution in [0.1, 0.15) is 11.3 Å². The average molecular weight is 410 g/mol. The van der Waals surface area contributed by atoms with Gasteiger partial charge < -0.3 is 4.57 Å². The Morgan fingerprint density at radius 2 is 1.19 bits per heavy atom. The minimum atomic E-state index is -0.284. The monoisotopic (exact) mass is 410 g/mol. The summed E-state index contributed by atoms with van der Waals surface area (Å²) >= 11 is 0. The standard InChI is InChI=1S/C27H20F2N2/c1-16-24-20-9-5-3-7-18(20)11-13-22(24)31(27(16)29)15-30-17(2)26(28)25-21-10-6-4-8-19(21)12-14-23(25)30/h3-14H,15H2,1-2H3. The van der Waals surface area contributed by atoms with Crippen LogP contribution in [0, 0.1) is 25.6 Å². The van der Waals surface area contributed by atoms with E-state index in [1.807, 2.05) is 84.3 Å². The lowest BCUT2D eigenvalue weighted by Gasteiger charge is -2.12. The number of hydrogen-bond donors (Lipinski definition) is 0. The minimum absolute atomic E-state index is 0.207. The molecule has 2 aromatic heterocycles. The molecule has 0 saturated carbocycles. The SMILES string of the molecule is Cc1c(F)n(Cn2c(C)c(F)c3c4ccccc4ccc32)c2ccc3ccccc3c12. The number of hydrogen-bond acceptors (Lipinski definition) is 0. The quantitative estimate of drug-likeness (QED) is 0.283. The van der Waals surface area contributed by atoms with Crippen molar-refractivity contribution < 1.29 is 8.78 Å². The van der Waals surface area contributed by atoms with Gasteiger partial charge in [0.25, 0.3) is 0 Å². The summed E-state index contributed by atoms with van der Waals surface area (Å²) in [6.45, 7) is 3.78. The van der Waals surface area contributed by atoms with Crippen molar-refractivity contribution in [3.05, 3.63) is 95.8 Å². The summed E-state index contributed by atoms with van der Waals surface area (Å²) in [5.41, 5.74) is 2.71. The lowest BCUT2D eigenvalue weighted by atomic mass is 10.0. The zero-order valence-corrected chi connectivity index (χ0v) is 17.3. The van der Waals surface area contributed by atoms with Gasteiger partial charge >= 0.3 is 0 Å². The molecule has 0 N–H and O–H groups in total. The third kappa shape index (κ3) is 2.42. The molecule has 0 unspecified atom stereocenters. The van der Waals surface area contributed by atoms with Crippen LogP contribution in [0.15, 0.2) is 72.8 Å². The molecule has 4 heteroatoms. The van der Waals surface area contributed by atoms with Gasteiger partial charge in [-0.25, -0.2) is 4.39 Å². The van der Waals surface area contributed by atoms with Crippen LogP contribution >= 0.6 is 0 Å². The minimum Gasteiger partial charge on any atom is -0.323 e. The van der Waals surface area contributed by atoms with Crippen LogP contribution in [0.3, 0.4) is 0 Å². The Morgan fingerprint density at radius 3 is 1.84 bits per heavy atom. The van der Waals surface area contributed by atoms with Gasteiger partial charge in [0.15, 0.2) is 11.8 Å². The van der Waals surface area contributed by atoms with Gasteiger partial charge in [0.1, 0.15) is 6.67 Å². The van der Waals surface area contributed by atoms with Crippen LogP contribution in [0.4, 0.5) is 8.78 Å². The van der Waals surface area contributed by atoms with E-state index in [0.717, 1.165) is 38.0 Å². The van der Waals surface area contributed by atoms with E-state index in [9.17, 15) is 0 Å². The Bertz CT molecular complexity index is 1530. The van der Waals surface area contributed by atoms with Crippen LogP contribution in [-0.4, -0.2) is 9.13 Å². The first-order valence-electron chi connectivity index (χ1n) is 10.4. The Labute approximate surface area is 177 Å². The maximum atomic E-state index is 15.5. The van der Waals surface area contributed by atoms with Gasteiger partial charge in [0.05, 0.1) is 16.7 Å². The van der Waals surface area contributed by atoms with Crippen LogP contribution in [0.2, 0.25) is 0 Å². The summed E-state index contributed by atoms with van der Waals surface area (Å²) in [5, 5.41) is 5.48. The smallest absolute Gasteiger partial charge is 0.199 e. The molecule has 4 aromatic carbocycles. The van der Waals surface area contributed by atoms with E-state index >= 15 is 8.78 Å². The second-order valence-corrected chi connectivity index (χ2v) is 8.17. The lowest BCUT2D eigenvalue weighted by Crippen LogP contribution is -2.11. The van der Waals surface area contributed by atoms with E-state index < -0.39 is 0 Å². The topological polar surface area (TPSA) is 9.86 Å². The summed E-state index contributed by atoms with van der Waals surface area (Å²) in [4.78, 5) is 0. The van der Waals surface area contributed by atoms with Crippen molar-refractivity contribution in [1.29, 1.82) is 0 Å². The number of halogens is 2. The van der Waals surface area contributed by atoms with Gasteiger partial charge in [-0.05, 0) is 47.5 Å². The molecule has 2 nitrogen and oxygen atoms in total. The van der Waals surface area contributed by atoms with Crippen molar-refractivity contribution in [2.24, 2.45) is 0 Å². The van der Waals surface area contributed by atoms with Crippen molar-refractivity contribution in [1.82, 2.24) is 9.13 Å². The van der Waals surface area contributed by atoms with Gasteiger partial charge in [-0.3, -0.25) is 4.57 Å². The maximum Gasteiger partial charge on any atom is 0.199 e. The number of nitrogens with zero attached hydrogens (tertiary/aromatic N) is 2. The first kappa shape index (κ1) is 18.1. The molecule has 6 rings (SSSR count).